The van der Waals surface area contributed by atoms with E-state index in [9.17, 15) is 17.6 Å². The van der Waals surface area contributed by atoms with Gasteiger partial charge in [-0.3, -0.25) is 4.79 Å². The second-order valence-electron chi connectivity index (χ2n) is 6.73. The third-order valence-electron chi connectivity index (χ3n) is 4.50. The monoisotopic (exact) mass is 484 g/mol. The minimum Gasteiger partial charge on any atom is -0.380 e. The van der Waals surface area contributed by atoms with Gasteiger partial charge in [0.05, 0.1) is 27.5 Å². The number of hydrogen-bond acceptors (Lipinski definition) is 5. The highest BCUT2D eigenvalue weighted by Gasteiger charge is 2.15. The lowest BCUT2D eigenvalue weighted by Crippen LogP contribution is -2.20. The average molecular weight is 485 g/mol. The fourth-order valence-corrected chi connectivity index (χ4v) is 5.64. The molecule has 0 saturated carbocycles. The summed E-state index contributed by atoms with van der Waals surface area (Å²) < 4.78 is 45.9. The number of aromatic nitrogens is 1. The Morgan fingerprint density at radius 3 is 2.68 bits per heavy atom. The summed E-state index contributed by atoms with van der Waals surface area (Å²) >= 11 is 7.42. The van der Waals surface area contributed by atoms with Gasteiger partial charge in [0.15, 0.2) is 14.6 Å². The molecular formula is C21H22ClFN2O4S2. The van der Waals surface area contributed by atoms with Crippen LogP contribution in [0.2, 0.25) is 5.02 Å². The Balaban J connectivity index is 1.74. The third kappa shape index (κ3) is 6.22. The van der Waals surface area contributed by atoms with E-state index < -0.39 is 21.6 Å². The summed E-state index contributed by atoms with van der Waals surface area (Å²) in [4.78, 5) is 17.2. The number of halogens is 2. The SMILES string of the molecule is CCOCCn1c(=NC(=O)CCCS(=O)(=O)c2ccc(F)cc2)sc2cc(Cl)ccc21. The molecule has 0 aliphatic heterocycles. The molecule has 3 aromatic rings. The van der Waals surface area contributed by atoms with E-state index in [0.717, 1.165) is 22.3 Å². The maximum Gasteiger partial charge on any atom is 0.248 e. The van der Waals surface area contributed by atoms with Crippen molar-refractivity contribution in [2.45, 2.75) is 31.2 Å². The molecule has 10 heteroatoms. The molecule has 1 amide bonds. The van der Waals surface area contributed by atoms with Gasteiger partial charge in [0.25, 0.3) is 0 Å². The lowest BCUT2D eigenvalue weighted by Gasteiger charge is -2.05. The Morgan fingerprint density at radius 1 is 1.23 bits per heavy atom. The van der Waals surface area contributed by atoms with Crippen LogP contribution in [0.15, 0.2) is 52.4 Å². The maximum absolute atomic E-state index is 13.0. The van der Waals surface area contributed by atoms with Crippen LogP contribution in [0.5, 0.6) is 0 Å². The van der Waals surface area contributed by atoms with Crippen LogP contribution in [0.4, 0.5) is 4.39 Å². The summed E-state index contributed by atoms with van der Waals surface area (Å²) in [6, 6.07) is 10.1. The van der Waals surface area contributed by atoms with Gasteiger partial charge in [-0.15, -0.1) is 0 Å². The summed E-state index contributed by atoms with van der Waals surface area (Å²) in [6.45, 7) is 3.50. The van der Waals surface area contributed by atoms with E-state index in [1.165, 1.54) is 23.5 Å². The zero-order valence-electron chi connectivity index (χ0n) is 16.9. The zero-order chi connectivity index (χ0) is 22.4. The van der Waals surface area contributed by atoms with Crippen molar-refractivity contribution in [3.05, 3.63) is 58.1 Å². The van der Waals surface area contributed by atoms with Gasteiger partial charge in [-0.25, -0.2) is 12.8 Å². The molecule has 0 bridgehead atoms. The van der Waals surface area contributed by atoms with E-state index in [2.05, 4.69) is 4.99 Å². The predicted octanol–water partition coefficient (Wildman–Crippen LogP) is 4.21. The molecule has 3 rings (SSSR count). The molecule has 31 heavy (non-hydrogen) atoms. The first-order chi connectivity index (χ1) is 14.8. The van der Waals surface area contributed by atoms with Crippen molar-refractivity contribution < 1.29 is 22.3 Å². The topological polar surface area (TPSA) is 77.7 Å². The highest BCUT2D eigenvalue weighted by molar-refractivity contribution is 7.91. The fourth-order valence-electron chi connectivity index (χ4n) is 2.98. The molecule has 166 valence electrons. The number of thiazole rings is 1. The number of carbonyl (C=O) groups is 1. The normalized spacial score (nSPS) is 12.5. The molecule has 0 unspecified atom stereocenters. The van der Waals surface area contributed by atoms with E-state index in [0.29, 0.717) is 29.6 Å². The summed E-state index contributed by atoms with van der Waals surface area (Å²) in [5.74, 6) is -1.13. The second-order valence-corrected chi connectivity index (χ2v) is 10.3. The van der Waals surface area contributed by atoms with Crippen LogP contribution in [0.25, 0.3) is 10.2 Å². The Morgan fingerprint density at radius 2 is 1.97 bits per heavy atom. The lowest BCUT2D eigenvalue weighted by atomic mass is 10.3. The zero-order valence-corrected chi connectivity index (χ0v) is 19.3. The van der Waals surface area contributed by atoms with Crippen LogP contribution < -0.4 is 4.80 Å². The summed E-state index contributed by atoms with van der Waals surface area (Å²) in [6.07, 6.45) is 0.110. The van der Waals surface area contributed by atoms with E-state index >= 15 is 0 Å². The quantitative estimate of drug-likeness (QED) is 0.336. The molecule has 0 spiro atoms. The Kier molecular flexibility index (Phi) is 7.99. The molecule has 0 fully saturated rings. The number of nitrogens with zero attached hydrogens (tertiary/aromatic N) is 2. The van der Waals surface area contributed by atoms with Crippen molar-refractivity contribution in [1.82, 2.24) is 4.57 Å². The smallest absolute Gasteiger partial charge is 0.248 e. The number of hydrogen-bond donors (Lipinski definition) is 0. The van der Waals surface area contributed by atoms with Crippen molar-refractivity contribution in [2.75, 3.05) is 19.0 Å². The van der Waals surface area contributed by atoms with Crippen LogP contribution in [0.1, 0.15) is 19.8 Å². The highest BCUT2D eigenvalue weighted by Crippen LogP contribution is 2.22. The third-order valence-corrected chi connectivity index (χ3v) is 7.60. The number of rotatable bonds is 9. The largest absolute Gasteiger partial charge is 0.380 e. The molecule has 0 aliphatic rings. The first-order valence-corrected chi connectivity index (χ1v) is 12.6. The Bertz CT molecular complexity index is 1230. The average Bonchev–Trinajstić information content (AvgIpc) is 3.04. The number of ether oxygens (including phenoxy) is 1. The van der Waals surface area contributed by atoms with Gasteiger partial charge in [0, 0.05) is 24.6 Å². The molecule has 2 aromatic carbocycles. The fraction of sp³-hybridized carbons (Fsp3) is 0.333. The molecule has 1 aromatic heterocycles. The number of sulfone groups is 1. The van der Waals surface area contributed by atoms with Crippen molar-refractivity contribution in [3.8, 4) is 0 Å². The van der Waals surface area contributed by atoms with Gasteiger partial charge < -0.3 is 9.30 Å². The minimum atomic E-state index is -3.59. The van der Waals surface area contributed by atoms with Crippen molar-refractivity contribution in [1.29, 1.82) is 0 Å². The van der Waals surface area contributed by atoms with E-state index in [1.54, 1.807) is 6.07 Å². The minimum absolute atomic E-state index is 0.0130. The van der Waals surface area contributed by atoms with E-state index in [1.807, 2.05) is 23.6 Å². The molecule has 0 radical (unpaired) electrons. The maximum atomic E-state index is 13.0. The van der Waals surface area contributed by atoms with Gasteiger partial charge >= 0.3 is 0 Å². The highest BCUT2D eigenvalue weighted by atomic mass is 35.5. The van der Waals surface area contributed by atoms with E-state index in [4.69, 9.17) is 16.3 Å². The van der Waals surface area contributed by atoms with Gasteiger partial charge in [-0.05, 0) is 55.8 Å². The molecular weight excluding hydrogens is 463 g/mol. The van der Waals surface area contributed by atoms with Gasteiger partial charge in [-0.2, -0.15) is 4.99 Å². The molecule has 0 aliphatic carbocycles. The Hall–Kier alpha value is -2.07. The standard InChI is InChI=1S/C21H22ClFN2O4S2/c1-2-29-12-11-25-18-10-5-15(22)14-19(18)30-21(25)24-20(26)4-3-13-31(27,28)17-8-6-16(23)7-9-17/h5-10,14H,2-4,11-13H2,1H3. The molecule has 6 nitrogen and oxygen atoms in total. The molecule has 1 heterocycles. The van der Waals surface area contributed by atoms with Gasteiger partial charge in [0.1, 0.15) is 5.82 Å². The van der Waals surface area contributed by atoms with Crippen LogP contribution in [0.3, 0.4) is 0 Å². The first-order valence-electron chi connectivity index (χ1n) is 9.72. The van der Waals surface area contributed by atoms with Crippen LogP contribution in [-0.4, -0.2) is 37.9 Å². The van der Waals surface area contributed by atoms with Gasteiger partial charge in [0.2, 0.25) is 5.91 Å². The van der Waals surface area contributed by atoms with E-state index in [-0.39, 0.29) is 23.5 Å². The second kappa shape index (κ2) is 10.5. The molecule has 0 atom stereocenters. The summed E-state index contributed by atoms with van der Waals surface area (Å²) in [5, 5.41) is 0.592. The predicted molar refractivity (Wildman–Crippen MR) is 120 cm³/mol. The van der Waals surface area contributed by atoms with Crippen molar-refractivity contribution in [3.63, 3.8) is 0 Å². The molecule has 0 N–H and O–H groups in total. The van der Waals surface area contributed by atoms with Crippen molar-refractivity contribution in [2.24, 2.45) is 4.99 Å². The summed E-state index contributed by atoms with van der Waals surface area (Å²) in [5.41, 5.74) is 0.902. The number of fused-ring (bicyclic) bond motifs is 1. The van der Waals surface area contributed by atoms with Crippen molar-refractivity contribution >= 4 is 48.9 Å². The van der Waals surface area contributed by atoms with Crippen LogP contribution in [-0.2, 0) is 25.9 Å². The van der Waals surface area contributed by atoms with Gasteiger partial charge in [-0.1, -0.05) is 22.9 Å². The first kappa shape index (κ1) is 23.6. The lowest BCUT2D eigenvalue weighted by molar-refractivity contribution is -0.118. The Labute approximate surface area is 188 Å². The number of benzene rings is 2. The summed E-state index contributed by atoms with van der Waals surface area (Å²) in [7, 11) is -3.59. The number of amides is 1. The van der Waals surface area contributed by atoms with Crippen LogP contribution in [0, 0.1) is 5.82 Å². The molecule has 0 saturated heterocycles. The van der Waals surface area contributed by atoms with Crippen LogP contribution >= 0.6 is 22.9 Å². The number of carbonyl (C=O) groups excluding carboxylic acids is 1.